The average Bonchev–Trinajstić information content (AvgIpc) is 3.73. The summed E-state index contributed by atoms with van der Waals surface area (Å²) in [6, 6.07) is 7.03. The number of rotatable bonds is 7. The lowest BCUT2D eigenvalue weighted by Crippen LogP contribution is -2.55. The van der Waals surface area contributed by atoms with Crippen LogP contribution in [0.3, 0.4) is 0 Å². The van der Waals surface area contributed by atoms with Gasteiger partial charge in [-0.1, -0.05) is 11.6 Å². The molecular formula is C28H34ClF2N3O4S. The van der Waals surface area contributed by atoms with Gasteiger partial charge in [0, 0.05) is 42.8 Å². The highest BCUT2D eigenvalue weighted by atomic mass is 35.5. The zero-order chi connectivity index (χ0) is 27.7. The summed E-state index contributed by atoms with van der Waals surface area (Å²) in [7, 11) is -4.18. The van der Waals surface area contributed by atoms with Gasteiger partial charge in [-0.3, -0.25) is 4.90 Å². The predicted octanol–water partition coefficient (Wildman–Crippen LogP) is 5.46. The van der Waals surface area contributed by atoms with Crippen LogP contribution in [0.25, 0.3) is 0 Å². The molecule has 0 bridgehead atoms. The Hall–Kier alpha value is -2.27. The molecule has 1 amide bonds. The Labute approximate surface area is 233 Å². The molecule has 7 nitrogen and oxygen atoms in total. The molecule has 5 rings (SSSR count). The molecule has 2 aliphatic heterocycles. The number of amides is 1. The molecule has 11 heteroatoms. The summed E-state index contributed by atoms with van der Waals surface area (Å²) in [5.41, 5.74) is -0.0380. The largest absolute Gasteiger partial charge is 0.448 e. The van der Waals surface area contributed by atoms with E-state index in [-0.39, 0.29) is 23.1 Å². The second kappa shape index (κ2) is 11.7. The van der Waals surface area contributed by atoms with Crippen molar-refractivity contribution in [1.29, 1.82) is 0 Å². The van der Waals surface area contributed by atoms with Gasteiger partial charge in [-0.25, -0.2) is 22.0 Å². The minimum absolute atomic E-state index is 0.0210. The number of piperidine rings is 1. The molecular weight excluding hydrogens is 548 g/mol. The van der Waals surface area contributed by atoms with Gasteiger partial charge < -0.3 is 9.64 Å². The van der Waals surface area contributed by atoms with Crippen molar-refractivity contribution in [3.63, 3.8) is 0 Å². The van der Waals surface area contributed by atoms with Crippen molar-refractivity contribution in [3.05, 3.63) is 64.7 Å². The van der Waals surface area contributed by atoms with Crippen LogP contribution in [0.15, 0.2) is 47.4 Å². The van der Waals surface area contributed by atoms with Gasteiger partial charge in [0.2, 0.25) is 10.0 Å². The first-order chi connectivity index (χ1) is 18.6. The van der Waals surface area contributed by atoms with E-state index in [4.69, 9.17) is 16.3 Å². The summed E-state index contributed by atoms with van der Waals surface area (Å²) in [4.78, 5) is 17.1. The van der Waals surface area contributed by atoms with Crippen LogP contribution in [0.4, 0.5) is 13.6 Å². The van der Waals surface area contributed by atoms with Gasteiger partial charge in [0.1, 0.15) is 18.2 Å². The van der Waals surface area contributed by atoms with Gasteiger partial charge >= 0.3 is 6.09 Å². The molecule has 39 heavy (non-hydrogen) atoms. The van der Waals surface area contributed by atoms with Crippen LogP contribution < -0.4 is 0 Å². The normalized spacial score (nSPS) is 25.0. The number of piperazine rings is 1. The molecule has 3 fully saturated rings. The highest BCUT2D eigenvalue weighted by molar-refractivity contribution is 7.89. The van der Waals surface area contributed by atoms with Gasteiger partial charge in [-0.05, 0) is 87.4 Å². The number of sulfonamides is 1. The smallest absolute Gasteiger partial charge is 0.410 e. The molecule has 3 atom stereocenters. The van der Waals surface area contributed by atoms with Crippen molar-refractivity contribution in [2.45, 2.75) is 62.0 Å². The fraction of sp³-hybridized carbons (Fsp3) is 0.536. The molecule has 3 aliphatic rings. The molecule has 2 heterocycles. The third-order valence-corrected chi connectivity index (χ3v) is 10.2. The second-order valence-electron chi connectivity index (χ2n) is 10.9. The van der Waals surface area contributed by atoms with Crippen LogP contribution in [0.1, 0.15) is 50.6 Å². The van der Waals surface area contributed by atoms with Crippen molar-refractivity contribution in [3.8, 4) is 0 Å². The predicted molar refractivity (Wildman–Crippen MR) is 144 cm³/mol. The van der Waals surface area contributed by atoms with Gasteiger partial charge in [0.25, 0.3) is 0 Å². The van der Waals surface area contributed by atoms with Crippen molar-refractivity contribution >= 4 is 27.7 Å². The van der Waals surface area contributed by atoms with Crippen LogP contribution in [-0.2, 0) is 14.8 Å². The monoisotopic (exact) mass is 581 g/mol. The van der Waals surface area contributed by atoms with Crippen molar-refractivity contribution in [2.75, 3.05) is 32.8 Å². The number of ether oxygens (including phenoxy) is 1. The lowest BCUT2D eigenvalue weighted by atomic mass is 9.93. The Kier molecular flexibility index (Phi) is 8.47. The molecule has 0 aromatic heterocycles. The number of halogens is 3. The third-order valence-electron chi connectivity index (χ3n) is 7.95. The standard InChI is InChI=1S/C28H34ClF2N3O4S/c1-19-16-32(17-20-5-6-20)13-14-33(19)28(35)38-18-23-3-2-4-27(25-15-22(30)9-12-26(25)31)34(23)39(36,37)24-10-7-21(29)8-11-24/h7-12,15,19-20,23,27H,2-6,13-14,16-18H2,1H3. The van der Waals surface area contributed by atoms with Crippen molar-refractivity contribution < 1.29 is 26.7 Å². The topological polar surface area (TPSA) is 70.2 Å². The van der Waals surface area contributed by atoms with E-state index in [2.05, 4.69) is 4.90 Å². The molecule has 0 N–H and O–H groups in total. The molecule has 1 saturated carbocycles. The highest BCUT2D eigenvalue weighted by Gasteiger charge is 2.43. The zero-order valence-corrected chi connectivity index (χ0v) is 23.5. The molecule has 212 valence electrons. The maximum atomic E-state index is 14.9. The van der Waals surface area contributed by atoms with E-state index >= 15 is 0 Å². The number of hydrogen-bond acceptors (Lipinski definition) is 5. The van der Waals surface area contributed by atoms with E-state index in [1.54, 1.807) is 4.90 Å². The summed E-state index contributed by atoms with van der Waals surface area (Å²) in [5, 5.41) is 0.372. The van der Waals surface area contributed by atoms with Gasteiger partial charge in [0.15, 0.2) is 0 Å². The lowest BCUT2D eigenvalue weighted by molar-refractivity contribution is 0.0315. The maximum Gasteiger partial charge on any atom is 0.410 e. The summed E-state index contributed by atoms with van der Waals surface area (Å²) in [6.07, 6.45) is 3.33. The Bertz CT molecular complexity index is 1290. The Morgan fingerprint density at radius 1 is 1.05 bits per heavy atom. The quantitative estimate of drug-likeness (QED) is 0.435. The highest BCUT2D eigenvalue weighted by Crippen LogP contribution is 2.40. The number of nitrogens with zero attached hydrogens (tertiary/aromatic N) is 3. The maximum absolute atomic E-state index is 14.9. The van der Waals surface area contributed by atoms with Crippen LogP contribution in [0.2, 0.25) is 5.02 Å². The fourth-order valence-corrected chi connectivity index (χ4v) is 7.72. The minimum Gasteiger partial charge on any atom is -0.448 e. The summed E-state index contributed by atoms with van der Waals surface area (Å²) in [5.74, 6) is -0.571. The van der Waals surface area contributed by atoms with E-state index in [1.807, 2.05) is 6.92 Å². The first-order valence-electron chi connectivity index (χ1n) is 13.5. The van der Waals surface area contributed by atoms with Crippen LogP contribution in [-0.4, -0.2) is 73.5 Å². The Balaban J connectivity index is 1.36. The first kappa shape index (κ1) is 28.3. The van der Waals surface area contributed by atoms with Crippen molar-refractivity contribution in [2.24, 2.45) is 5.92 Å². The number of carbonyl (C=O) groups excluding carboxylic acids is 1. The minimum atomic E-state index is -4.18. The van der Waals surface area contributed by atoms with Gasteiger partial charge in [-0.15, -0.1) is 0 Å². The SMILES string of the molecule is CC1CN(CC2CC2)CCN1C(=O)OCC1CCCC(c2cc(F)ccc2F)N1S(=O)(=O)c1ccc(Cl)cc1. The van der Waals surface area contributed by atoms with Crippen molar-refractivity contribution in [1.82, 2.24) is 14.1 Å². The van der Waals surface area contributed by atoms with Gasteiger partial charge in [-0.2, -0.15) is 4.31 Å². The van der Waals surface area contributed by atoms with E-state index in [1.165, 1.54) is 41.4 Å². The average molecular weight is 582 g/mol. The van der Waals surface area contributed by atoms with Crippen LogP contribution in [0, 0.1) is 17.6 Å². The molecule has 2 aromatic rings. The second-order valence-corrected chi connectivity index (χ2v) is 13.2. The third kappa shape index (κ3) is 6.39. The van der Waals surface area contributed by atoms with Crippen LogP contribution in [0.5, 0.6) is 0 Å². The summed E-state index contributed by atoms with van der Waals surface area (Å²) >= 11 is 5.98. The number of hydrogen-bond donors (Lipinski definition) is 0. The first-order valence-corrected chi connectivity index (χ1v) is 15.3. The molecule has 2 saturated heterocycles. The molecule has 3 unspecified atom stereocenters. The Morgan fingerprint density at radius 2 is 1.79 bits per heavy atom. The molecule has 0 spiro atoms. The Morgan fingerprint density at radius 3 is 2.49 bits per heavy atom. The molecule has 2 aromatic carbocycles. The summed E-state index contributed by atoms with van der Waals surface area (Å²) < 4.78 is 63.8. The van der Waals surface area contributed by atoms with E-state index in [0.717, 1.165) is 43.8 Å². The zero-order valence-electron chi connectivity index (χ0n) is 21.9. The number of benzene rings is 2. The molecule has 0 radical (unpaired) electrons. The van der Waals surface area contributed by atoms with Crippen LogP contribution >= 0.6 is 11.6 Å². The lowest BCUT2D eigenvalue weighted by Gasteiger charge is -2.42. The van der Waals surface area contributed by atoms with E-state index in [0.29, 0.717) is 30.8 Å². The van der Waals surface area contributed by atoms with E-state index < -0.39 is 39.8 Å². The number of carbonyl (C=O) groups is 1. The van der Waals surface area contributed by atoms with E-state index in [9.17, 15) is 22.0 Å². The summed E-state index contributed by atoms with van der Waals surface area (Å²) in [6.45, 7) is 4.95. The van der Waals surface area contributed by atoms with Gasteiger partial charge in [0.05, 0.1) is 17.0 Å². The molecule has 1 aliphatic carbocycles. The fourth-order valence-electron chi connectivity index (χ4n) is 5.75.